The Bertz CT molecular complexity index is 354. The lowest BCUT2D eigenvalue weighted by atomic mass is 10.3. The predicted molar refractivity (Wildman–Crippen MR) is 80.5 cm³/mol. The van der Waals surface area contributed by atoms with Gasteiger partial charge in [0, 0.05) is 38.8 Å². The zero-order valence-corrected chi connectivity index (χ0v) is 12.0. The maximum absolute atomic E-state index is 11.5. The van der Waals surface area contributed by atoms with Gasteiger partial charge in [0.2, 0.25) is 5.91 Å². The topological polar surface area (TPSA) is 44.4 Å². The molecule has 0 aliphatic heterocycles. The van der Waals surface area contributed by atoms with E-state index in [9.17, 15) is 4.79 Å². The number of carbonyl (C=O) groups excluding carboxylic acids is 1. The Morgan fingerprint density at radius 1 is 1.21 bits per heavy atom. The smallest absolute Gasteiger partial charge is 0.221 e. The summed E-state index contributed by atoms with van der Waals surface area (Å²) in [4.78, 5) is 13.7. The van der Waals surface area contributed by atoms with Gasteiger partial charge in [-0.3, -0.25) is 4.79 Å². The van der Waals surface area contributed by atoms with Gasteiger partial charge in [-0.25, -0.2) is 0 Å². The fourth-order valence-electron chi connectivity index (χ4n) is 1.82. The molecular weight excluding hydrogens is 238 g/mol. The standard InChI is InChI=1S/C15H25N3O/c1-3-16-12-10-15(19)17-11-7-13-18(2)14-8-5-4-6-9-14/h4-6,8-9,16H,3,7,10-13H2,1-2H3,(H,17,19). The Morgan fingerprint density at radius 2 is 1.95 bits per heavy atom. The third-order valence-corrected chi connectivity index (χ3v) is 2.97. The number of para-hydroxylation sites is 1. The lowest BCUT2D eigenvalue weighted by Crippen LogP contribution is -2.30. The summed E-state index contributed by atoms with van der Waals surface area (Å²) in [5, 5.41) is 6.08. The monoisotopic (exact) mass is 263 g/mol. The largest absolute Gasteiger partial charge is 0.375 e. The number of nitrogens with one attached hydrogen (secondary N) is 2. The van der Waals surface area contributed by atoms with Gasteiger partial charge >= 0.3 is 0 Å². The summed E-state index contributed by atoms with van der Waals surface area (Å²) in [6, 6.07) is 10.3. The van der Waals surface area contributed by atoms with Crippen molar-refractivity contribution in [1.82, 2.24) is 10.6 Å². The Hall–Kier alpha value is -1.55. The van der Waals surface area contributed by atoms with Gasteiger partial charge in [0.15, 0.2) is 0 Å². The van der Waals surface area contributed by atoms with Crippen LogP contribution < -0.4 is 15.5 Å². The quantitative estimate of drug-likeness (QED) is 0.666. The van der Waals surface area contributed by atoms with Crippen LogP contribution in [0.15, 0.2) is 30.3 Å². The highest BCUT2D eigenvalue weighted by Crippen LogP contribution is 2.10. The van der Waals surface area contributed by atoms with Crippen molar-refractivity contribution >= 4 is 11.6 Å². The van der Waals surface area contributed by atoms with E-state index in [1.807, 2.05) is 25.1 Å². The molecule has 4 nitrogen and oxygen atoms in total. The van der Waals surface area contributed by atoms with E-state index in [2.05, 4.69) is 34.7 Å². The first-order chi connectivity index (χ1) is 9.24. The number of nitrogens with zero attached hydrogens (tertiary/aromatic N) is 1. The fraction of sp³-hybridized carbons (Fsp3) is 0.533. The molecule has 0 unspecified atom stereocenters. The van der Waals surface area contributed by atoms with Crippen LogP contribution in [0.5, 0.6) is 0 Å². The second-order valence-electron chi connectivity index (χ2n) is 4.56. The molecule has 0 atom stereocenters. The van der Waals surface area contributed by atoms with Crippen LogP contribution in [0.25, 0.3) is 0 Å². The first-order valence-corrected chi connectivity index (χ1v) is 6.97. The van der Waals surface area contributed by atoms with Gasteiger partial charge in [-0.2, -0.15) is 0 Å². The second kappa shape index (κ2) is 9.39. The zero-order valence-electron chi connectivity index (χ0n) is 12.0. The van der Waals surface area contributed by atoms with Gasteiger partial charge in [0.1, 0.15) is 0 Å². The number of rotatable bonds is 9. The first kappa shape index (κ1) is 15.5. The van der Waals surface area contributed by atoms with Gasteiger partial charge in [-0.05, 0) is 25.1 Å². The van der Waals surface area contributed by atoms with Gasteiger partial charge in [-0.15, -0.1) is 0 Å². The van der Waals surface area contributed by atoms with Crippen molar-refractivity contribution in [2.45, 2.75) is 19.8 Å². The van der Waals surface area contributed by atoms with Crippen LogP contribution in [0.4, 0.5) is 5.69 Å². The minimum absolute atomic E-state index is 0.128. The lowest BCUT2D eigenvalue weighted by Gasteiger charge is -2.19. The van der Waals surface area contributed by atoms with E-state index in [-0.39, 0.29) is 5.91 Å². The van der Waals surface area contributed by atoms with Gasteiger partial charge < -0.3 is 15.5 Å². The van der Waals surface area contributed by atoms with Crippen LogP contribution >= 0.6 is 0 Å². The van der Waals surface area contributed by atoms with Crippen LogP contribution in [-0.2, 0) is 4.79 Å². The summed E-state index contributed by atoms with van der Waals surface area (Å²) >= 11 is 0. The Morgan fingerprint density at radius 3 is 2.63 bits per heavy atom. The zero-order chi connectivity index (χ0) is 13.9. The molecule has 0 heterocycles. The highest BCUT2D eigenvalue weighted by Gasteiger charge is 2.01. The van der Waals surface area contributed by atoms with E-state index in [0.717, 1.165) is 32.6 Å². The van der Waals surface area contributed by atoms with Crippen molar-refractivity contribution in [2.24, 2.45) is 0 Å². The molecule has 0 spiro atoms. The van der Waals surface area contributed by atoms with Crippen molar-refractivity contribution in [3.05, 3.63) is 30.3 Å². The minimum atomic E-state index is 0.128. The number of hydrogen-bond acceptors (Lipinski definition) is 3. The SMILES string of the molecule is CCNCCC(=O)NCCCN(C)c1ccccc1. The molecule has 106 valence electrons. The number of amides is 1. The summed E-state index contributed by atoms with van der Waals surface area (Å²) in [6.07, 6.45) is 1.51. The molecule has 0 bridgehead atoms. The molecule has 0 aliphatic rings. The van der Waals surface area contributed by atoms with E-state index in [1.54, 1.807) is 0 Å². The number of carbonyl (C=O) groups is 1. The lowest BCUT2D eigenvalue weighted by molar-refractivity contribution is -0.120. The average Bonchev–Trinajstić information content (AvgIpc) is 2.44. The molecule has 0 aliphatic carbocycles. The molecule has 0 radical (unpaired) electrons. The highest BCUT2D eigenvalue weighted by atomic mass is 16.1. The van der Waals surface area contributed by atoms with E-state index in [1.165, 1.54) is 5.69 Å². The molecule has 0 saturated carbocycles. The number of benzene rings is 1. The first-order valence-electron chi connectivity index (χ1n) is 6.97. The van der Waals surface area contributed by atoms with Crippen LogP contribution in [0.2, 0.25) is 0 Å². The molecule has 1 rings (SSSR count). The van der Waals surface area contributed by atoms with Gasteiger partial charge in [0.25, 0.3) is 0 Å². The molecule has 2 N–H and O–H groups in total. The van der Waals surface area contributed by atoms with Crippen molar-refractivity contribution < 1.29 is 4.79 Å². The van der Waals surface area contributed by atoms with Crippen molar-refractivity contribution in [3.63, 3.8) is 0 Å². The second-order valence-corrected chi connectivity index (χ2v) is 4.56. The molecule has 4 heteroatoms. The average molecular weight is 263 g/mol. The van der Waals surface area contributed by atoms with Gasteiger partial charge in [-0.1, -0.05) is 25.1 Å². The maximum Gasteiger partial charge on any atom is 0.221 e. The van der Waals surface area contributed by atoms with Gasteiger partial charge in [0.05, 0.1) is 0 Å². The maximum atomic E-state index is 11.5. The van der Waals surface area contributed by atoms with E-state index < -0.39 is 0 Å². The van der Waals surface area contributed by atoms with Crippen LogP contribution in [0.3, 0.4) is 0 Å². The molecule has 1 amide bonds. The van der Waals surface area contributed by atoms with E-state index in [0.29, 0.717) is 6.42 Å². The Kier molecular flexibility index (Phi) is 7.66. The summed E-state index contributed by atoms with van der Waals surface area (Å²) in [5.74, 6) is 0.128. The molecular formula is C15H25N3O. The Balaban J connectivity index is 2.09. The van der Waals surface area contributed by atoms with Crippen molar-refractivity contribution in [1.29, 1.82) is 0 Å². The van der Waals surface area contributed by atoms with E-state index >= 15 is 0 Å². The van der Waals surface area contributed by atoms with Crippen molar-refractivity contribution in [2.75, 3.05) is 38.1 Å². The Labute approximate surface area is 116 Å². The molecule has 0 fully saturated rings. The molecule has 0 saturated heterocycles. The summed E-state index contributed by atoms with van der Waals surface area (Å²) in [6.45, 7) is 5.39. The summed E-state index contributed by atoms with van der Waals surface area (Å²) in [7, 11) is 2.07. The third kappa shape index (κ3) is 6.82. The minimum Gasteiger partial charge on any atom is -0.375 e. The molecule has 1 aromatic rings. The van der Waals surface area contributed by atoms with Crippen LogP contribution in [-0.4, -0.2) is 39.1 Å². The summed E-state index contributed by atoms with van der Waals surface area (Å²) < 4.78 is 0. The molecule has 1 aromatic carbocycles. The van der Waals surface area contributed by atoms with Crippen LogP contribution in [0.1, 0.15) is 19.8 Å². The summed E-state index contributed by atoms with van der Waals surface area (Å²) in [5.41, 5.74) is 1.21. The predicted octanol–water partition coefficient (Wildman–Crippen LogP) is 1.63. The van der Waals surface area contributed by atoms with Crippen molar-refractivity contribution in [3.8, 4) is 0 Å². The third-order valence-electron chi connectivity index (χ3n) is 2.97. The fourth-order valence-corrected chi connectivity index (χ4v) is 1.82. The highest BCUT2D eigenvalue weighted by molar-refractivity contribution is 5.76. The normalized spacial score (nSPS) is 10.2. The number of hydrogen-bond donors (Lipinski definition) is 2. The number of anilines is 1. The van der Waals surface area contributed by atoms with E-state index in [4.69, 9.17) is 0 Å². The molecule has 19 heavy (non-hydrogen) atoms. The van der Waals surface area contributed by atoms with Crippen LogP contribution in [0, 0.1) is 0 Å². The molecule has 0 aromatic heterocycles.